The minimum atomic E-state index is -3.70. The molecule has 1 aromatic rings. The summed E-state index contributed by atoms with van der Waals surface area (Å²) in [7, 11) is -3.70. The monoisotopic (exact) mass is 354 g/mol. The molecule has 1 aliphatic rings. The lowest BCUT2D eigenvalue weighted by atomic mass is 9.99. The molecule has 1 amide bonds. The lowest BCUT2D eigenvalue weighted by Gasteiger charge is -2.22. The van der Waals surface area contributed by atoms with Gasteiger partial charge in [0.05, 0.1) is 10.8 Å². The Morgan fingerprint density at radius 3 is 2.54 bits per heavy atom. The van der Waals surface area contributed by atoms with E-state index in [1.807, 2.05) is 0 Å². The van der Waals surface area contributed by atoms with Crippen LogP contribution < -0.4 is 5.32 Å². The number of carbonyl (C=O) groups excluding carboxylic acids is 1. The fourth-order valence-corrected chi connectivity index (χ4v) is 4.20. The molecule has 1 fully saturated rings. The molecule has 0 bridgehead atoms. The molecule has 1 unspecified atom stereocenters. The van der Waals surface area contributed by atoms with Crippen molar-refractivity contribution in [3.05, 3.63) is 30.3 Å². The first-order chi connectivity index (χ1) is 11.4. The van der Waals surface area contributed by atoms with E-state index in [0.717, 1.165) is 0 Å². The maximum atomic E-state index is 12.7. The van der Waals surface area contributed by atoms with Crippen LogP contribution >= 0.6 is 0 Å². The Morgan fingerprint density at radius 1 is 1.17 bits per heavy atom. The molecule has 0 saturated carbocycles. The molecule has 0 aliphatic carbocycles. The third-order valence-corrected chi connectivity index (χ3v) is 6.01. The molecule has 1 aliphatic heterocycles. The van der Waals surface area contributed by atoms with Crippen molar-refractivity contribution in [1.82, 2.24) is 9.62 Å². The zero-order chi connectivity index (χ0) is 17.6. The van der Waals surface area contributed by atoms with Crippen molar-refractivity contribution < 1.29 is 23.1 Å². The molecule has 0 spiro atoms. The summed E-state index contributed by atoms with van der Waals surface area (Å²) in [5.41, 5.74) is 0. The van der Waals surface area contributed by atoms with E-state index in [1.54, 1.807) is 18.2 Å². The van der Waals surface area contributed by atoms with Gasteiger partial charge in [-0.1, -0.05) is 18.2 Å². The molecule has 1 aromatic carbocycles. The maximum absolute atomic E-state index is 12.7. The molecule has 132 valence electrons. The summed E-state index contributed by atoms with van der Waals surface area (Å²) < 4.78 is 26.7. The molecular weight excluding hydrogens is 332 g/mol. The van der Waals surface area contributed by atoms with Gasteiger partial charge in [0.25, 0.3) is 0 Å². The van der Waals surface area contributed by atoms with E-state index < -0.39 is 21.9 Å². The molecule has 0 aromatic heterocycles. The third-order valence-electron chi connectivity index (χ3n) is 4.09. The summed E-state index contributed by atoms with van der Waals surface area (Å²) in [5.74, 6) is -1.76. The van der Waals surface area contributed by atoms with Gasteiger partial charge in [0.1, 0.15) is 0 Å². The van der Waals surface area contributed by atoms with Gasteiger partial charge < -0.3 is 10.4 Å². The summed E-state index contributed by atoms with van der Waals surface area (Å²) in [4.78, 5) is 23.2. The zero-order valence-corrected chi connectivity index (χ0v) is 14.2. The number of rotatable bonds is 3. The van der Waals surface area contributed by atoms with Crippen LogP contribution in [0.15, 0.2) is 35.2 Å². The van der Waals surface area contributed by atoms with Crippen LogP contribution in [0, 0.1) is 5.92 Å². The summed E-state index contributed by atoms with van der Waals surface area (Å²) in [6.07, 6.45) is 1.24. The Bertz CT molecular complexity index is 675. The highest BCUT2D eigenvalue weighted by atomic mass is 32.2. The smallest absolute Gasteiger partial charge is 0.306 e. The number of aliphatic carboxylic acids is 1. The van der Waals surface area contributed by atoms with Gasteiger partial charge in [-0.15, -0.1) is 0 Å². The highest BCUT2D eigenvalue weighted by Gasteiger charge is 2.26. The van der Waals surface area contributed by atoms with E-state index in [9.17, 15) is 23.1 Å². The minimum absolute atomic E-state index is 0.0593. The average molecular weight is 354 g/mol. The number of hydrogen-bond acceptors (Lipinski definition) is 4. The first-order valence-corrected chi connectivity index (χ1v) is 9.40. The van der Waals surface area contributed by atoms with Gasteiger partial charge in [-0.25, -0.2) is 8.42 Å². The van der Waals surface area contributed by atoms with Crippen LogP contribution in [0.1, 0.15) is 25.7 Å². The summed E-state index contributed by atoms with van der Waals surface area (Å²) >= 11 is 0. The van der Waals surface area contributed by atoms with Gasteiger partial charge in [0.2, 0.25) is 15.9 Å². The van der Waals surface area contributed by atoms with E-state index in [1.165, 1.54) is 16.4 Å². The molecule has 1 heterocycles. The maximum Gasteiger partial charge on any atom is 0.306 e. The van der Waals surface area contributed by atoms with Crippen molar-refractivity contribution in [3.63, 3.8) is 0 Å². The first-order valence-electron chi connectivity index (χ1n) is 7.96. The Hall–Kier alpha value is -1.93. The van der Waals surface area contributed by atoms with Crippen molar-refractivity contribution in [3.8, 4) is 0 Å². The molecular formula is C16H22N2O5S. The Morgan fingerprint density at radius 2 is 1.88 bits per heavy atom. The van der Waals surface area contributed by atoms with E-state index in [4.69, 9.17) is 0 Å². The lowest BCUT2D eigenvalue weighted by Crippen LogP contribution is -2.35. The van der Waals surface area contributed by atoms with Gasteiger partial charge in [-0.3, -0.25) is 9.59 Å². The Balaban J connectivity index is 2.18. The number of nitrogens with one attached hydrogen (secondary N) is 1. The van der Waals surface area contributed by atoms with Crippen LogP contribution in [0.4, 0.5) is 0 Å². The Kier molecular flexibility index (Phi) is 6.33. The number of nitrogens with zero attached hydrogens (tertiary/aromatic N) is 1. The minimum Gasteiger partial charge on any atom is -0.481 e. The van der Waals surface area contributed by atoms with Gasteiger partial charge >= 0.3 is 5.97 Å². The van der Waals surface area contributed by atoms with Crippen LogP contribution in [0.25, 0.3) is 0 Å². The second kappa shape index (κ2) is 8.25. The molecule has 1 atom stereocenters. The van der Waals surface area contributed by atoms with Gasteiger partial charge in [-0.2, -0.15) is 4.31 Å². The number of carboxylic acids is 1. The topological polar surface area (TPSA) is 104 Å². The van der Waals surface area contributed by atoms with Crippen LogP contribution in [-0.2, 0) is 19.6 Å². The van der Waals surface area contributed by atoms with Crippen molar-refractivity contribution in [2.75, 3.05) is 19.6 Å². The second-order valence-electron chi connectivity index (χ2n) is 5.78. The van der Waals surface area contributed by atoms with Crippen LogP contribution in [0.5, 0.6) is 0 Å². The second-order valence-corrected chi connectivity index (χ2v) is 7.72. The highest BCUT2D eigenvalue weighted by Crippen LogP contribution is 2.19. The molecule has 2 rings (SSSR count). The quantitative estimate of drug-likeness (QED) is 0.845. The Labute approximate surface area is 141 Å². The van der Waals surface area contributed by atoms with E-state index in [0.29, 0.717) is 25.8 Å². The predicted octanol–water partition coefficient (Wildman–Crippen LogP) is 1.07. The SMILES string of the molecule is O=C1CCN(S(=O)(=O)c2ccccc2)CCCC(C(=O)O)CCN1. The molecule has 0 radical (unpaired) electrons. The van der Waals surface area contributed by atoms with Gasteiger partial charge in [-0.05, 0) is 31.4 Å². The highest BCUT2D eigenvalue weighted by molar-refractivity contribution is 7.89. The lowest BCUT2D eigenvalue weighted by molar-refractivity contribution is -0.142. The zero-order valence-electron chi connectivity index (χ0n) is 13.3. The summed E-state index contributed by atoms with van der Waals surface area (Å²) in [6.45, 7) is 0.580. The van der Waals surface area contributed by atoms with Crippen molar-refractivity contribution in [2.24, 2.45) is 5.92 Å². The number of carbonyl (C=O) groups is 2. The van der Waals surface area contributed by atoms with Gasteiger partial charge in [0, 0.05) is 26.1 Å². The number of benzene rings is 1. The predicted molar refractivity (Wildman–Crippen MR) is 87.8 cm³/mol. The fourth-order valence-electron chi connectivity index (χ4n) is 2.70. The standard InChI is InChI=1S/C16H22N2O5S/c19-15-9-12-18(24(22,23)14-6-2-1-3-7-14)11-4-5-13(16(20)21)8-10-17-15/h1-3,6-7,13H,4-5,8-12H2,(H,17,19)(H,20,21). The first kappa shape index (κ1) is 18.4. The van der Waals surface area contributed by atoms with Crippen molar-refractivity contribution in [2.45, 2.75) is 30.6 Å². The fraction of sp³-hybridized carbons (Fsp3) is 0.500. The van der Waals surface area contributed by atoms with Crippen LogP contribution in [0.2, 0.25) is 0 Å². The van der Waals surface area contributed by atoms with Gasteiger partial charge in [0.15, 0.2) is 0 Å². The number of amides is 1. The number of carboxylic acid groups (broad SMARTS) is 1. The molecule has 8 heteroatoms. The van der Waals surface area contributed by atoms with E-state index >= 15 is 0 Å². The van der Waals surface area contributed by atoms with Crippen LogP contribution in [-0.4, -0.2) is 49.3 Å². The number of hydrogen-bond donors (Lipinski definition) is 2. The molecule has 24 heavy (non-hydrogen) atoms. The van der Waals surface area contributed by atoms with E-state index in [2.05, 4.69) is 5.32 Å². The summed E-state index contributed by atoms with van der Waals surface area (Å²) in [5, 5.41) is 11.9. The normalized spacial score (nSPS) is 21.5. The average Bonchev–Trinajstić information content (AvgIpc) is 2.60. The largest absolute Gasteiger partial charge is 0.481 e. The summed E-state index contributed by atoms with van der Waals surface area (Å²) in [6, 6.07) is 8.05. The van der Waals surface area contributed by atoms with Crippen molar-refractivity contribution in [1.29, 1.82) is 0 Å². The number of sulfonamides is 1. The van der Waals surface area contributed by atoms with E-state index in [-0.39, 0.29) is 30.3 Å². The molecule has 2 N–H and O–H groups in total. The molecule has 7 nitrogen and oxygen atoms in total. The van der Waals surface area contributed by atoms with Crippen LogP contribution in [0.3, 0.4) is 0 Å². The molecule has 1 saturated heterocycles. The third kappa shape index (κ3) is 4.78. The van der Waals surface area contributed by atoms with Crippen molar-refractivity contribution >= 4 is 21.9 Å².